The highest BCUT2D eigenvalue weighted by Gasteiger charge is 2.34. The fraction of sp³-hybridized carbons (Fsp3) is 0.136. The van der Waals surface area contributed by atoms with Crippen molar-refractivity contribution in [1.82, 2.24) is 24.8 Å². The van der Waals surface area contributed by atoms with Gasteiger partial charge < -0.3 is 14.8 Å². The van der Waals surface area contributed by atoms with Crippen molar-refractivity contribution in [2.75, 3.05) is 19.9 Å². The van der Waals surface area contributed by atoms with Crippen LogP contribution in [-0.2, 0) is 4.79 Å². The average molecular weight is 463 g/mol. The second kappa shape index (κ2) is 8.79. The minimum absolute atomic E-state index is 0.0649. The molecule has 4 heterocycles. The topological polar surface area (TPSA) is 116 Å². The molecule has 1 N–H and O–H groups in total. The van der Waals surface area contributed by atoms with Crippen molar-refractivity contribution in [3.05, 3.63) is 71.3 Å². The number of imide groups is 1. The van der Waals surface area contributed by atoms with E-state index in [1.165, 1.54) is 6.20 Å². The smallest absolute Gasteiger partial charge is 0.293 e. The zero-order valence-corrected chi connectivity index (χ0v) is 17.9. The van der Waals surface area contributed by atoms with E-state index < -0.39 is 5.91 Å². The molecule has 1 saturated heterocycles. The quantitative estimate of drug-likeness (QED) is 0.555. The molecule has 0 atom stereocenters. The number of hydrogen-bond donors (Lipinski definition) is 1. The lowest BCUT2D eigenvalue weighted by molar-refractivity contribution is -0.122. The molecule has 11 heteroatoms. The second-order valence-corrected chi connectivity index (χ2v) is 8.07. The molecule has 2 aliphatic rings. The maximum Gasteiger partial charge on any atom is 0.293 e. The Bertz CT molecular complexity index is 1260. The summed E-state index contributed by atoms with van der Waals surface area (Å²) >= 11 is 0.862. The van der Waals surface area contributed by atoms with E-state index in [1.807, 2.05) is 0 Å². The zero-order chi connectivity index (χ0) is 22.8. The molecule has 3 aromatic rings. The van der Waals surface area contributed by atoms with E-state index >= 15 is 0 Å². The number of nitrogens with zero attached hydrogens (tertiary/aromatic N) is 4. The third-order valence-corrected chi connectivity index (χ3v) is 5.88. The second-order valence-electron chi connectivity index (χ2n) is 7.08. The first-order chi connectivity index (χ1) is 16.1. The van der Waals surface area contributed by atoms with Crippen LogP contribution in [0.5, 0.6) is 11.5 Å². The molecule has 3 amide bonds. The van der Waals surface area contributed by atoms with Crippen molar-refractivity contribution in [2.24, 2.45) is 0 Å². The molecule has 0 unspecified atom stereocenters. The van der Waals surface area contributed by atoms with Crippen LogP contribution in [0.3, 0.4) is 0 Å². The van der Waals surface area contributed by atoms with E-state index in [9.17, 15) is 14.4 Å². The number of hydrogen-bond acceptors (Lipinski definition) is 8. The Morgan fingerprint density at radius 3 is 2.85 bits per heavy atom. The van der Waals surface area contributed by atoms with Gasteiger partial charge in [-0.25, -0.2) is 9.97 Å². The highest BCUT2D eigenvalue weighted by Crippen LogP contribution is 2.36. The van der Waals surface area contributed by atoms with Crippen molar-refractivity contribution in [3.8, 4) is 17.3 Å². The summed E-state index contributed by atoms with van der Waals surface area (Å²) in [5, 5.41) is 2.33. The standard InChI is InChI=1S/C22H17N5O5S/c28-20(15-2-4-19(25-11-15)26-7-5-23-12-26)24-6-8-27-21(29)18(33-22(27)30)10-14-1-3-16-17(9-14)32-13-31-16/h1-5,7,9-12H,6,8,13H2,(H,24,28)/b18-10+. The van der Waals surface area contributed by atoms with E-state index in [1.54, 1.807) is 59.7 Å². The molecule has 0 saturated carbocycles. The summed E-state index contributed by atoms with van der Waals surface area (Å²) in [6.07, 6.45) is 8.09. The van der Waals surface area contributed by atoms with Gasteiger partial charge in [0.2, 0.25) is 6.79 Å². The number of rotatable bonds is 6. The number of benzene rings is 1. The van der Waals surface area contributed by atoms with Gasteiger partial charge in [0.25, 0.3) is 17.1 Å². The molecule has 5 rings (SSSR count). The van der Waals surface area contributed by atoms with Crippen molar-refractivity contribution in [3.63, 3.8) is 0 Å². The minimum Gasteiger partial charge on any atom is -0.454 e. The Kier molecular flexibility index (Phi) is 5.53. The number of thioether (sulfide) groups is 1. The van der Waals surface area contributed by atoms with E-state index in [0.29, 0.717) is 27.8 Å². The Morgan fingerprint density at radius 1 is 1.18 bits per heavy atom. The summed E-state index contributed by atoms with van der Waals surface area (Å²) in [5.41, 5.74) is 1.10. The third kappa shape index (κ3) is 4.30. The van der Waals surface area contributed by atoms with Gasteiger partial charge in [0, 0.05) is 31.7 Å². The Labute approximate surface area is 192 Å². The van der Waals surface area contributed by atoms with Crippen LogP contribution >= 0.6 is 11.8 Å². The molecule has 1 fully saturated rings. The summed E-state index contributed by atoms with van der Waals surface area (Å²) in [6.45, 7) is 0.346. The molecule has 166 valence electrons. The normalized spacial score (nSPS) is 16.0. The van der Waals surface area contributed by atoms with Crippen molar-refractivity contribution in [1.29, 1.82) is 0 Å². The van der Waals surface area contributed by atoms with Gasteiger partial charge in [-0.1, -0.05) is 6.07 Å². The fourth-order valence-corrected chi connectivity index (χ4v) is 4.16. The molecular weight excluding hydrogens is 446 g/mol. The Morgan fingerprint density at radius 2 is 2.06 bits per heavy atom. The number of imidazole rings is 1. The van der Waals surface area contributed by atoms with Gasteiger partial charge in [0.1, 0.15) is 12.1 Å². The van der Waals surface area contributed by atoms with Crippen LogP contribution in [0.2, 0.25) is 0 Å². The maximum absolute atomic E-state index is 12.7. The number of amides is 3. The Hall–Kier alpha value is -4.12. The van der Waals surface area contributed by atoms with E-state index in [-0.39, 0.29) is 31.0 Å². The van der Waals surface area contributed by atoms with Gasteiger partial charge in [-0.15, -0.1) is 0 Å². The lowest BCUT2D eigenvalue weighted by Gasteiger charge is -2.13. The predicted molar refractivity (Wildman–Crippen MR) is 119 cm³/mol. The summed E-state index contributed by atoms with van der Waals surface area (Å²) in [6, 6.07) is 8.64. The molecule has 0 radical (unpaired) electrons. The highest BCUT2D eigenvalue weighted by atomic mass is 32.2. The monoisotopic (exact) mass is 463 g/mol. The number of fused-ring (bicyclic) bond motifs is 1. The van der Waals surface area contributed by atoms with Crippen LogP contribution in [0.1, 0.15) is 15.9 Å². The molecule has 0 spiro atoms. The van der Waals surface area contributed by atoms with Crippen LogP contribution in [0.15, 0.2) is 60.2 Å². The van der Waals surface area contributed by atoms with E-state index in [2.05, 4.69) is 15.3 Å². The zero-order valence-electron chi connectivity index (χ0n) is 17.1. The lowest BCUT2D eigenvalue weighted by atomic mass is 10.2. The summed E-state index contributed by atoms with van der Waals surface area (Å²) in [4.78, 5) is 47.0. The fourth-order valence-electron chi connectivity index (χ4n) is 3.30. The molecule has 1 aromatic carbocycles. The van der Waals surface area contributed by atoms with Crippen LogP contribution in [0.4, 0.5) is 4.79 Å². The van der Waals surface area contributed by atoms with Gasteiger partial charge >= 0.3 is 0 Å². The van der Waals surface area contributed by atoms with Gasteiger partial charge in [0.15, 0.2) is 11.5 Å². The number of carbonyl (C=O) groups is 3. The molecular formula is C22H17N5O5S. The first-order valence-electron chi connectivity index (χ1n) is 9.96. The first-order valence-corrected chi connectivity index (χ1v) is 10.8. The maximum atomic E-state index is 12.7. The summed E-state index contributed by atoms with van der Waals surface area (Å²) in [7, 11) is 0. The number of pyridine rings is 1. The summed E-state index contributed by atoms with van der Waals surface area (Å²) in [5.74, 6) is 1.13. The van der Waals surface area contributed by atoms with Crippen LogP contribution < -0.4 is 14.8 Å². The lowest BCUT2D eigenvalue weighted by Crippen LogP contribution is -2.37. The van der Waals surface area contributed by atoms with Crippen LogP contribution in [-0.4, -0.2) is 56.4 Å². The number of ether oxygens (including phenoxy) is 2. The predicted octanol–water partition coefficient (Wildman–Crippen LogP) is 2.46. The molecule has 10 nitrogen and oxygen atoms in total. The van der Waals surface area contributed by atoms with Gasteiger partial charge in [-0.05, 0) is 47.7 Å². The van der Waals surface area contributed by atoms with Crippen LogP contribution in [0, 0.1) is 0 Å². The molecule has 0 bridgehead atoms. The molecule has 0 aliphatic carbocycles. The van der Waals surface area contributed by atoms with Gasteiger partial charge in [-0.2, -0.15) is 0 Å². The Balaban J connectivity index is 1.17. The van der Waals surface area contributed by atoms with Gasteiger partial charge in [0.05, 0.1) is 10.5 Å². The SMILES string of the molecule is O=C(NCCN1C(=O)S/C(=C/c2ccc3c(c2)OCO3)C1=O)c1ccc(-n2ccnc2)nc1. The van der Waals surface area contributed by atoms with E-state index in [0.717, 1.165) is 22.2 Å². The van der Waals surface area contributed by atoms with Crippen molar-refractivity contribution < 1.29 is 23.9 Å². The molecule has 2 aromatic heterocycles. The van der Waals surface area contributed by atoms with Crippen molar-refractivity contribution in [2.45, 2.75) is 0 Å². The van der Waals surface area contributed by atoms with Crippen LogP contribution in [0.25, 0.3) is 11.9 Å². The molecule has 2 aliphatic heterocycles. The number of aromatic nitrogens is 3. The molecule has 33 heavy (non-hydrogen) atoms. The number of nitrogens with one attached hydrogen (secondary N) is 1. The number of carbonyl (C=O) groups excluding carboxylic acids is 3. The summed E-state index contributed by atoms with van der Waals surface area (Å²) < 4.78 is 12.3. The third-order valence-electron chi connectivity index (χ3n) is 4.97. The van der Waals surface area contributed by atoms with Gasteiger partial charge in [-0.3, -0.25) is 23.9 Å². The average Bonchev–Trinajstić information content (AvgIpc) is 3.57. The largest absolute Gasteiger partial charge is 0.454 e. The highest BCUT2D eigenvalue weighted by molar-refractivity contribution is 8.18. The minimum atomic E-state index is -0.400. The van der Waals surface area contributed by atoms with Crippen molar-refractivity contribution >= 4 is 34.9 Å². The first kappa shape index (κ1) is 20.8. The van der Waals surface area contributed by atoms with E-state index in [4.69, 9.17) is 9.47 Å².